The zero-order valence-electron chi connectivity index (χ0n) is 11.8. The SMILES string of the molecule is CNC(=S)N/N=C(\C)c1ccc(N2CCOCC2)cc1. The van der Waals surface area contributed by atoms with Gasteiger partial charge in [0, 0.05) is 25.8 Å². The Kier molecular flexibility index (Phi) is 5.31. The summed E-state index contributed by atoms with van der Waals surface area (Å²) in [5.74, 6) is 0. The minimum Gasteiger partial charge on any atom is -0.378 e. The highest BCUT2D eigenvalue weighted by atomic mass is 32.1. The van der Waals surface area contributed by atoms with E-state index in [1.54, 1.807) is 7.05 Å². The van der Waals surface area contributed by atoms with Crippen LogP contribution in [0.3, 0.4) is 0 Å². The molecule has 2 N–H and O–H groups in total. The van der Waals surface area contributed by atoms with Crippen molar-refractivity contribution < 1.29 is 4.74 Å². The summed E-state index contributed by atoms with van der Waals surface area (Å²) in [7, 11) is 1.76. The molecule has 1 aliphatic heterocycles. The molecule has 1 heterocycles. The first-order valence-corrected chi connectivity index (χ1v) is 7.06. The maximum Gasteiger partial charge on any atom is 0.186 e. The normalized spacial score (nSPS) is 15.9. The fourth-order valence-electron chi connectivity index (χ4n) is 1.99. The van der Waals surface area contributed by atoms with Crippen LogP contribution in [-0.4, -0.2) is 44.2 Å². The van der Waals surface area contributed by atoms with Gasteiger partial charge in [-0.25, -0.2) is 0 Å². The summed E-state index contributed by atoms with van der Waals surface area (Å²) >= 11 is 4.98. The Hall–Kier alpha value is -1.66. The third-order valence-corrected chi connectivity index (χ3v) is 3.51. The predicted molar refractivity (Wildman–Crippen MR) is 86.5 cm³/mol. The Balaban J connectivity index is 2.01. The largest absolute Gasteiger partial charge is 0.378 e. The van der Waals surface area contributed by atoms with Gasteiger partial charge in [0.2, 0.25) is 0 Å². The summed E-state index contributed by atoms with van der Waals surface area (Å²) < 4.78 is 5.36. The number of benzene rings is 1. The summed E-state index contributed by atoms with van der Waals surface area (Å²) in [6, 6.07) is 8.40. The smallest absolute Gasteiger partial charge is 0.186 e. The molecule has 108 valence electrons. The lowest BCUT2D eigenvalue weighted by molar-refractivity contribution is 0.122. The molecule has 1 aliphatic rings. The number of anilines is 1. The van der Waals surface area contributed by atoms with Crippen molar-refractivity contribution in [3.63, 3.8) is 0 Å². The number of thiocarbonyl (C=S) groups is 1. The molecule has 0 aliphatic carbocycles. The highest BCUT2D eigenvalue weighted by molar-refractivity contribution is 7.80. The first-order chi connectivity index (χ1) is 9.70. The molecule has 0 atom stereocenters. The van der Waals surface area contributed by atoms with Crippen molar-refractivity contribution in [1.82, 2.24) is 10.7 Å². The molecule has 1 aromatic rings. The lowest BCUT2D eigenvalue weighted by Gasteiger charge is -2.28. The number of hydrogen-bond acceptors (Lipinski definition) is 4. The van der Waals surface area contributed by atoms with Crippen molar-refractivity contribution in [3.8, 4) is 0 Å². The first-order valence-electron chi connectivity index (χ1n) is 6.66. The lowest BCUT2D eigenvalue weighted by atomic mass is 10.1. The van der Waals surface area contributed by atoms with Crippen LogP contribution in [0.4, 0.5) is 5.69 Å². The van der Waals surface area contributed by atoms with Gasteiger partial charge in [-0.15, -0.1) is 0 Å². The van der Waals surface area contributed by atoms with Gasteiger partial charge in [-0.3, -0.25) is 5.43 Å². The van der Waals surface area contributed by atoms with Crippen LogP contribution >= 0.6 is 12.2 Å². The number of nitrogens with zero attached hydrogens (tertiary/aromatic N) is 2. The monoisotopic (exact) mass is 292 g/mol. The Morgan fingerprint density at radius 1 is 1.25 bits per heavy atom. The molecule has 0 spiro atoms. The van der Waals surface area contributed by atoms with Crippen LogP contribution in [0.25, 0.3) is 0 Å². The maximum absolute atomic E-state index is 5.36. The summed E-state index contributed by atoms with van der Waals surface area (Å²) in [6.07, 6.45) is 0. The topological polar surface area (TPSA) is 48.9 Å². The van der Waals surface area contributed by atoms with E-state index in [9.17, 15) is 0 Å². The van der Waals surface area contributed by atoms with Gasteiger partial charge in [-0.1, -0.05) is 12.1 Å². The fourth-order valence-corrected chi connectivity index (χ4v) is 2.04. The highest BCUT2D eigenvalue weighted by Crippen LogP contribution is 2.16. The van der Waals surface area contributed by atoms with Gasteiger partial charge in [0.15, 0.2) is 5.11 Å². The minimum absolute atomic E-state index is 0.509. The van der Waals surface area contributed by atoms with Crippen LogP contribution in [0.2, 0.25) is 0 Å². The number of morpholine rings is 1. The summed E-state index contributed by atoms with van der Waals surface area (Å²) in [5.41, 5.74) is 5.99. The van der Waals surface area contributed by atoms with Crippen molar-refractivity contribution in [2.75, 3.05) is 38.3 Å². The van der Waals surface area contributed by atoms with Crippen LogP contribution < -0.4 is 15.6 Å². The Bertz CT molecular complexity index is 480. The second-order valence-electron chi connectivity index (χ2n) is 4.53. The van der Waals surface area contributed by atoms with Crippen molar-refractivity contribution in [2.45, 2.75) is 6.92 Å². The average Bonchev–Trinajstić information content (AvgIpc) is 2.53. The molecule has 2 rings (SSSR count). The van der Waals surface area contributed by atoms with E-state index in [0.29, 0.717) is 5.11 Å². The molecule has 0 amide bonds. The van der Waals surface area contributed by atoms with Gasteiger partial charge in [0.1, 0.15) is 0 Å². The van der Waals surface area contributed by atoms with Crippen LogP contribution in [0.1, 0.15) is 12.5 Å². The predicted octanol–water partition coefficient (Wildman–Crippen LogP) is 1.34. The number of nitrogens with one attached hydrogen (secondary N) is 2. The zero-order chi connectivity index (χ0) is 14.4. The van der Waals surface area contributed by atoms with Crippen molar-refractivity contribution in [1.29, 1.82) is 0 Å². The van der Waals surface area contributed by atoms with E-state index in [-0.39, 0.29) is 0 Å². The lowest BCUT2D eigenvalue weighted by Crippen LogP contribution is -2.36. The molecule has 0 saturated carbocycles. The van der Waals surface area contributed by atoms with Crippen LogP contribution in [0, 0.1) is 0 Å². The third-order valence-electron chi connectivity index (χ3n) is 3.21. The maximum atomic E-state index is 5.36. The summed E-state index contributed by atoms with van der Waals surface area (Å²) in [5, 5.41) is 7.56. The molecule has 6 heteroatoms. The van der Waals surface area contributed by atoms with E-state index in [2.05, 4.69) is 45.0 Å². The molecule has 1 fully saturated rings. The Morgan fingerprint density at radius 3 is 2.50 bits per heavy atom. The van der Waals surface area contributed by atoms with E-state index < -0.39 is 0 Å². The van der Waals surface area contributed by atoms with Crippen LogP contribution in [-0.2, 0) is 4.74 Å². The van der Waals surface area contributed by atoms with E-state index >= 15 is 0 Å². The molecule has 1 saturated heterocycles. The summed E-state index contributed by atoms with van der Waals surface area (Å²) in [6.45, 7) is 5.45. The molecule has 0 aromatic heterocycles. The molecule has 1 aromatic carbocycles. The fraction of sp³-hybridized carbons (Fsp3) is 0.429. The second kappa shape index (κ2) is 7.21. The van der Waals surface area contributed by atoms with Crippen LogP contribution in [0.5, 0.6) is 0 Å². The van der Waals surface area contributed by atoms with Gasteiger partial charge >= 0.3 is 0 Å². The van der Waals surface area contributed by atoms with Gasteiger partial charge in [0.05, 0.1) is 18.9 Å². The quantitative estimate of drug-likeness (QED) is 0.500. The molecular formula is C14H20N4OS. The standard InChI is InChI=1S/C14H20N4OS/c1-11(16-17-14(20)15-2)12-3-5-13(6-4-12)18-7-9-19-10-8-18/h3-6H,7-10H2,1-2H3,(H2,15,17,20)/b16-11+. The van der Waals surface area contributed by atoms with Crippen molar-refractivity contribution in [2.24, 2.45) is 5.10 Å². The number of hydrogen-bond donors (Lipinski definition) is 2. The minimum atomic E-state index is 0.509. The van der Waals surface area contributed by atoms with Gasteiger partial charge in [-0.2, -0.15) is 5.10 Å². The van der Waals surface area contributed by atoms with E-state index in [0.717, 1.165) is 37.6 Å². The van der Waals surface area contributed by atoms with Gasteiger partial charge < -0.3 is 15.0 Å². The van der Waals surface area contributed by atoms with Gasteiger partial charge in [0.25, 0.3) is 0 Å². The molecule has 0 unspecified atom stereocenters. The first kappa shape index (κ1) is 14.7. The van der Waals surface area contributed by atoms with Crippen molar-refractivity contribution in [3.05, 3.63) is 29.8 Å². The number of rotatable bonds is 3. The number of ether oxygens (including phenoxy) is 1. The number of hydrazone groups is 1. The second-order valence-corrected chi connectivity index (χ2v) is 4.94. The van der Waals surface area contributed by atoms with E-state index in [1.807, 2.05) is 6.92 Å². The van der Waals surface area contributed by atoms with Crippen molar-refractivity contribution >= 4 is 28.7 Å². The average molecular weight is 292 g/mol. The van der Waals surface area contributed by atoms with Crippen LogP contribution in [0.15, 0.2) is 29.4 Å². The molecule has 20 heavy (non-hydrogen) atoms. The zero-order valence-corrected chi connectivity index (χ0v) is 12.7. The third kappa shape index (κ3) is 3.91. The van der Waals surface area contributed by atoms with Gasteiger partial charge in [-0.05, 0) is 36.8 Å². The Morgan fingerprint density at radius 2 is 1.90 bits per heavy atom. The van der Waals surface area contributed by atoms with E-state index in [1.165, 1.54) is 5.69 Å². The summed E-state index contributed by atoms with van der Waals surface area (Å²) in [4.78, 5) is 2.33. The molecular weight excluding hydrogens is 272 g/mol. The van der Waals surface area contributed by atoms with E-state index in [4.69, 9.17) is 17.0 Å². The highest BCUT2D eigenvalue weighted by Gasteiger charge is 2.10. The Labute approximate surface area is 125 Å². The molecule has 0 radical (unpaired) electrons. The molecule has 5 nitrogen and oxygen atoms in total. The molecule has 0 bridgehead atoms.